The molecule has 9 heteroatoms. The minimum Gasteiger partial charge on any atom is -0.325 e. The number of carbonyl (C=O) groups is 2. The number of rotatable bonds is 4. The lowest BCUT2D eigenvalue weighted by Gasteiger charge is -2.22. The monoisotopic (exact) mass is 443 g/mol. The van der Waals surface area contributed by atoms with Gasteiger partial charge in [-0.2, -0.15) is 13.2 Å². The van der Waals surface area contributed by atoms with Crippen molar-refractivity contribution in [2.75, 3.05) is 16.8 Å². The van der Waals surface area contributed by atoms with Gasteiger partial charge in [0.2, 0.25) is 11.8 Å². The van der Waals surface area contributed by atoms with E-state index in [1.807, 2.05) is 17.5 Å². The van der Waals surface area contributed by atoms with Crippen LogP contribution in [0.5, 0.6) is 0 Å². The van der Waals surface area contributed by atoms with E-state index >= 15 is 0 Å². The minimum absolute atomic E-state index is 0.0305. The van der Waals surface area contributed by atoms with Crippen LogP contribution in [-0.2, 0) is 15.8 Å². The standard InChI is InChI=1S/C22H16F3N3O2S/c23-22(24,25)14-7-9-15(10-8-14)26-20(29)13-28-18-5-2-1-4-16(18)27-17(12-21(28)30)19-6-3-11-31-19/h1-11H,12-13H2,(H,26,29). The second-order valence-electron chi connectivity index (χ2n) is 6.80. The summed E-state index contributed by atoms with van der Waals surface area (Å²) < 4.78 is 38.1. The Hall–Kier alpha value is -3.46. The van der Waals surface area contributed by atoms with Crippen molar-refractivity contribution in [2.24, 2.45) is 4.99 Å². The average Bonchev–Trinajstić information content (AvgIpc) is 3.22. The molecule has 1 N–H and O–H groups in total. The average molecular weight is 443 g/mol. The first kappa shape index (κ1) is 20.8. The fourth-order valence-corrected chi connectivity index (χ4v) is 3.90. The Morgan fingerprint density at radius 2 is 1.81 bits per heavy atom. The smallest absolute Gasteiger partial charge is 0.325 e. The fourth-order valence-electron chi connectivity index (χ4n) is 3.19. The van der Waals surface area contributed by atoms with Gasteiger partial charge in [-0.1, -0.05) is 18.2 Å². The number of benzene rings is 2. The van der Waals surface area contributed by atoms with Gasteiger partial charge in [-0.25, -0.2) is 4.99 Å². The summed E-state index contributed by atoms with van der Waals surface area (Å²) in [6, 6.07) is 14.9. The summed E-state index contributed by atoms with van der Waals surface area (Å²) in [6.07, 6.45) is -4.42. The van der Waals surface area contributed by atoms with Gasteiger partial charge in [0.15, 0.2) is 0 Å². The van der Waals surface area contributed by atoms with Gasteiger partial charge in [-0.15, -0.1) is 11.3 Å². The number of hydrogen-bond acceptors (Lipinski definition) is 4. The molecule has 2 amide bonds. The SMILES string of the molecule is O=C(CN1C(=O)CC(c2cccs2)=Nc2ccccc21)Nc1ccc(C(F)(F)F)cc1. The van der Waals surface area contributed by atoms with Crippen LogP contribution in [0, 0.1) is 0 Å². The van der Waals surface area contributed by atoms with Crippen molar-refractivity contribution in [2.45, 2.75) is 12.6 Å². The summed E-state index contributed by atoms with van der Waals surface area (Å²) in [5.41, 5.74) is 1.10. The van der Waals surface area contributed by atoms with E-state index in [0.29, 0.717) is 17.1 Å². The second kappa shape index (κ2) is 8.35. The van der Waals surface area contributed by atoms with Crippen molar-refractivity contribution in [3.05, 3.63) is 76.5 Å². The number of thiophene rings is 1. The maximum atomic E-state index is 13.0. The van der Waals surface area contributed by atoms with E-state index < -0.39 is 17.6 Å². The highest BCUT2D eigenvalue weighted by molar-refractivity contribution is 7.12. The van der Waals surface area contributed by atoms with Crippen molar-refractivity contribution in [1.82, 2.24) is 0 Å². The number of amides is 2. The van der Waals surface area contributed by atoms with Crippen LogP contribution in [0.2, 0.25) is 0 Å². The number of anilines is 2. The molecule has 5 nitrogen and oxygen atoms in total. The van der Waals surface area contributed by atoms with Gasteiger partial charge in [0.05, 0.1) is 29.1 Å². The van der Waals surface area contributed by atoms with E-state index in [-0.39, 0.29) is 24.6 Å². The molecule has 158 valence electrons. The second-order valence-corrected chi connectivity index (χ2v) is 7.75. The maximum Gasteiger partial charge on any atom is 0.416 e. The zero-order valence-corrected chi connectivity index (χ0v) is 16.8. The Balaban J connectivity index is 1.53. The summed E-state index contributed by atoms with van der Waals surface area (Å²) in [5, 5.41) is 4.44. The Morgan fingerprint density at radius 3 is 2.48 bits per heavy atom. The summed E-state index contributed by atoms with van der Waals surface area (Å²) in [6.45, 7) is -0.288. The topological polar surface area (TPSA) is 61.8 Å². The van der Waals surface area contributed by atoms with E-state index in [2.05, 4.69) is 10.3 Å². The molecular weight excluding hydrogens is 427 g/mol. The molecule has 0 saturated heterocycles. The lowest BCUT2D eigenvalue weighted by atomic mass is 10.2. The van der Waals surface area contributed by atoms with Crippen LogP contribution in [0.1, 0.15) is 16.9 Å². The summed E-state index contributed by atoms with van der Waals surface area (Å²) in [4.78, 5) is 32.4. The van der Waals surface area contributed by atoms with Crippen LogP contribution in [0.15, 0.2) is 71.0 Å². The molecule has 0 fully saturated rings. The zero-order chi connectivity index (χ0) is 22.0. The van der Waals surface area contributed by atoms with E-state index in [4.69, 9.17) is 0 Å². The number of nitrogens with zero attached hydrogens (tertiary/aromatic N) is 2. The number of hydrogen-bond donors (Lipinski definition) is 1. The van der Waals surface area contributed by atoms with E-state index in [1.165, 1.54) is 28.4 Å². The predicted molar refractivity (Wildman–Crippen MR) is 114 cm³/mol. The molecular formula is C22H16F3N3O2S. The molecule has 0 radical (unpaired) electrons. The third-order valence-electron chi connectivity index (χ3n) is 4.65. The highest BCUT2D eigenvalue weighted by atomic mass is 32.1. The molecule has 31 heavy (non-hydrogen) atoms. The van der Waals surface area contributed by atoms with Gasteiger partial charge < -0.3 is 10.2 Å². The number of halogens is 3. The highest BCUT2D eigenvalue weighted by Gasteiger charge is 2.30. The van der Waals surface area contributed by atoms with Crippen LogP contribution in [0.3, 0.4) is 0 Å². The van der Waals surface area contributed by atoms with Gasteiger partial charge in [-0.3, -0.25) is 9.59 Å². The molecule has 2 aromatic carbocycles. The third kappa shape index (κ3) is 4.66. The molecule has 0 atom stereocenters. The Labute approximate surface area is 179 Å². The molecule has 2 heterocycles. The molecule has 0 saturated carbocycles. The number of carbonyl (C=O) groups excluding carboxylic acids is 2. The van der Waals surface area contributed by atoms with Crippen LogP contribution in [-0.4, -0.2) is 24.1 Å². The largest absolute Gasteiger partial charge is 0.416 e. The first-order chi connectivity index (χ1) is 14.8. The zero-order valence-electron chi connectivity index (χ0n) is 16.0. The molecule has 1 aromatic heterocycles. The number of fused-ring (bicyclic) bond motifs is 1. The van der Waals surface area contributed by atoms with Crippen molar-refractivity contribution in [3.63, 3.8) is 0 Å². The lowest BCUT2D eigenvalue weighted by molar-refractivity contribution is -0.137. The van der Waals surface area contributed by atoms with Gasteiger partial charge >= 0.3 is 6.18 Å². The molecule has 3 aromatic rings. The van der Waals surface area contributed by atoms with Gasteiger partial charge in [-0.05, 0) is 47.8 Å². The maximum absolute atomic E-state index is 13.0. The molecule has 1 aliphatic heterocycles. The van der Waals surface area contributed by atoms with Crippen molar-refractivity contribution in [3.8, 4) is 0 Å². The fraction of sp³-hybridized carbons (Fsp3) is 0.136. The number of aliphatic imine (C=N–C) groups is 1. The van der Waals surface area contributed by atoms with Gasteiger partial charge in [0, 0.05) is 10.6 Å². The quantitative estimate of drug-likeness (QED) is 0.598. The van der Waals surface area contributed by atoms with Crippen molar-refractivity contribution in [1.29, 1.82) is 0 Å². The lowest BCUT2D eigenvalue weighted by Crippen LogP contribution is -2.38. The Morgan fingerprint density at radius 1 is 1.06 bits per heavy atom. The van der Waals surface area contributed by atoms with Crippen LogP contribution in [0.25, 0.3) is 0 Å². The summed E-state index contributed by atoms with van der Waals surface area (Å²) in [5.74, 6) is -0.817. The molecule has 4 rings (SSSR count). The van der Waals surface area contributed by atoms with Crippen LogP contribution in [0.4, 0.5) is 30.2 Å². The molecule has 0 unspecified atom stereocenters. The molecule has 0 spiro atoms. The predicted octanol–water partition coefficient (Wildman–Crippen LogP) is 5.26. The third-order valence-corrected chi connectivity index (χ3v) is 5.57. The molecule has 0 aliphatic carbocycles. The minimum atomic E-state index is -4.45. The Bertz CT molecular complexity index is 1140. The van der Waals surface area contributed by atoms with Crippen molar-refractivity contribution < 1.29 is 22.8 Å². The van der Waals surface area contributed by atoms with E-state index in [0.717, 1.165) is 17.0 Å². The first-order valence-electron chi connectivity index (χ1n) is 9.29. The number of alkyl halides is 3. The molecule has 1 aliphatic rings. The summed E-state index contributed by atoms with van der Waals surface area (Å²) in [7, 11) is 0. The van der Waals surface area contributed by atoms with Gasteiger partial charge in [0.1, 0.15) is 6.54 Å². The molecule has 0 bridgehead atoms. The highest BCUT2D eigenvalue weighted by Crippen LogP contribution is 2.33. The normalized spacial score (nSPS) is 14.0. The van der Waals surface area contributed by atoms with Gasteiger partial charge in [0.25, 0.3) is 0 Å². The van der Waals surface area contributed by atoms with Crippen LogP contribution >= 0.6 is 11.3 Å². The van der Waals surface area contributed by atoms with E-state index in [1.54, 1.807) is 24.3 Å². The van der Waals surface area contributed by atoms with Crippen LogP contribution < -0.4 is 10.2 Å². The number of nitrogens with one attached hydrogen (secondary N) is 1. The van der Waals surface area contributed by atoms with Crippen molar-refractivity contribution >= 4 is 45.9 Å². The Kier molecular flexibility index (Phi) is 5.60. The first-order valence-corrected chi connectivity index (χ1v) is 10.2. The van der Waals surface area contributed by atoms with E-state index in [9.17, 15) is 22.8 Å². The number of para-hydroxylation sites is 2. The summed E-state index contributed by atoms with van der Waals surface area (Å²) >= 11 is 1.47.